The number of aromatic nitrogens is 1. The summed E-state index contributed by atoms with van der Waals surface area (Å²) < 4.78 is 0. The van der Waals surface area contributed by atoms with Crippen molar-refractivity contribution in [2.45, 2.75) is 13.0 Å². The molecule has 0 spiro atoms. The number of para-hydroxylation sites is 2. The van der Waals surface area contributed by atoms with Crippen molar-refractivity contribution in [1.29, 1.82) is 0 Å². The summed E-state index contributed by atoms with van der Waals surface area (Å²) in [5.41, 5.74) is 1.98. The van der Waals surface area contributed by atoms with Crippen molar-refractivity contribution < 1.29 is 14.4 Å². The lowest BCUT2D eigenvalue weighted by Crippen LogP contribution is -2.47. The summed E-state index contributed by atoms with van der Waals surface area (Å²) in [4.78, 5) is 41.4. The molecule has 8 heteroatoms. The van der Waals surface area contributed by atoms with E-state index in [9.17, 15) is 14.4 Å². The zero-order valence-corrected chi connectivity index (χ0v) is 14.1. The Balaban J connectivity index is 1.47. The number of benzene rings is 1. The van der Waals surface area contributed by atoms with Gasteiger partial charge >= 0.3 is 6.03 Å². The molecule has 0 fully saturated rings. The Morgan fingerprint density at radius 1 is 1.12 bits per heavy atom. The minimum Gasteiger partial charge on any atom is -0.350 e. The summed E-state index contributed by atoms with van der Waals surface area (Å²) in [6.07, 6.45) is 1.80. The molecule has 0 aliphatic carbocycles. The lowest BCUT2D eigenvalue weighted by Gasteiger charge is -2.29. The van der Waals surface area contributed by atoms with Gasteiger partial charge < -0.3 is 16.0 Å². The number of urea groups is 1. The van der Waals surface area contributed by atoms with Crippen molar-refractivity contribution in [1.82, 2.24) is 15.6 Å². The number of nitrogens with zero attached hydrogens (tertiary/aromatic N) is 2. The maximum Gasteiger partial charge on any atom is 0.322 e. The van der Waals surface area contributed by atoms with Crippen molar-refractivity contribution in [3.63, 3.8) is 0 Å². The largest absolute Gasteiger partial charge is 0.350 e. The minimum atomic E-state index is -0.412. The number of hydrogen-bond acceptors (Lipinski definition) is 4. The lowest BCUT2D eigenvalue weighted by molar-refractivity contribution is -0.121. The predicted molar refractivity (Wildman–Crippen MR) is 96.5 cm³/mol. The molecule has 0 bridgehead atoms. The first kappa shape index (κ1) is 17.4. The highest BCUT2D eigenvalue weighted by molar-refractivity contribution is 6.09. The molecule has 26 heavy (non-hydrogen) atoms. The monoisotopic (exact) mass is 353 g/mol. The van der Waals surface area contributed by atoms with Gasteiger partial charge in [-0.15, -0.1) is 0 Å². The van der Waals surface area contributed by atoms with Gasteiger partial charge in [-0.1, -0.05) is 18.2 Å². The maximum atomic E-state index is 12.4. The third kappa shape index (κ3) is 4.35. The molecule has 0 saturated carbocycles. The lowest BCUT2D eigenvalue weighted by atomic mass is 10.2. The smallest absolute Gasteiger partial charge is 0.322 e. The summed E-state index contributed by atoms with van der Waals surface area (Å²) in [7, 11) is 0. The Bertz CT molecular complexity index is 809. The van der Waals surface area contributed by atoms with Gasteiger partial charge in [0.05, 0.1) is 23.6 Å². The number of carbonyl (C=O) groups excluding carboxylic acids is 3. The van der Waals surface area contributed by atoms with Crippen molar-refractivity contribution in [3.05, 3.63) is 54.4 Å². The third-order valence-corrected chi connectivity index (χ3v) is 3.84. The summed E-state index contributed by atoms with van der Waals surface area (Å²) in [6, 6.07) is 12.1. The van der Waals surface area contributed by atoms with E-state index >= 15 is 0 Å². The normalized spacial score (nSPS) is 12.8. The van der Waals surface area contributed by atoms with Gasteiger partial charge in [-0.3, -0.25) is 19.5 Å². The molecule has 0 radical (unpaired) electrons. The Hall–Kier alpha value is -3.42. The molecule has 8 nitrogen and oxygen atoms in total. The van der Waals surface area contributed by atoms with Crippen molar-refractivity contribution in [3.8, 4) is 0 Å². The van der Waals surface area contributed by atoms with Crippen LogP contribution < -0.4 is 20.9 Å². The highest BCUT2D eigenvalue weighted by Crippen LogP contribution is 2.28. The summed E-state index contributed by atoms with van der Waals surface area (Å²) in [5, 5.41) is 8.14. The number of carbonyl (C=O) groups is 3. The fourth-order valence-electron chi connectivity index (χ4n) is 2.57. The topological polar surface area (TPSA) is 103 Å². The molecule has 2 aromatic rings. The molecule has 3 N–H and O–H groups in total. The summed E-state index contributed by atoms with van der Waals surface area (Å²) in [6.45, 7) is 0.454. The molecule has 1 aromatic carbocycles. The molecule has 1 aliphatic heterocycles. The van der Waals surface area contributed by atoms with Gasteiger partial charge in [-0.25, -0.2) is 4.79 Å². The van der Waals surface area contributed by atoms with Gasteiger partial charge in [0, 0.05) is 19.2 Å². The minimum absolute atomic E-state index is 0.0608. The Morgan fingerprint density at radius 2 is 1.92 bits per heavy atom. The Morgan fingerprint density at radius 3 is 2.73 bits per heavy atom. The molecule has 0 atom stereocenters. The SMILES string of the molecule is O=C(CCNC(=O)N1CC(=O)Nc2ccccc21)NCc1ccccn1. The molecule has 2 heterocycles. The first-order chi connectivity index (χ1) is 12.6. The van der Waals surface area contributed by atoms with Crippen LogP contribution in [0.15, 0.2) is 48.7 Å². The van der Waals surface area contributed by atoms with Crippen LogP contribution in [-0.4, -0.2) is 35.9 Å². The summed E-state index contributed by atoms with van der Waals surface area (Å²) in [5.74, 6) is -0.445. The van der Waals surface area contributed by atoms with Crippen LogP contribution in [0.2, 0.25) is 0 Å². The second-order valence-electron chi connectivity index (χ2n) is 5.73. The van der Waals surface area contributed by atoms with Gasteiger partial charge in [-0.05, 0) is 24.3 Å². The fourth-order valence-corrected chi connectivity index (χ4v) is 2.57. The maximum absolute atomic E-state index is 12.4. The van der Waals surface area contributed by atoms with E-state index in [4.69, 9.17) is 0 Å². The van der Waals surface area contributed by atoms with Gasteiger partial charge in [0.25, 0.3) is 0 Å². The average Bonchev–Trinajstić information content (AvgIpc) is 2.66. The van der Waals surface area contributed by atoms with E-state index in [0.29, 0.717) is 17.9 Å². The average molecular weight is 353 g/mol. The van der Waals surface area contributed by atoms with Crippen molar-refractivity contribution in [2.24, 2.45) is 0 Å². The van der Waals surface area contributed by atoms with Crippen LogP contribution in [0.5, 0.6) is 0 Å². The molecule has 3 rings (SSSR count). The van der Waals surface area contributed by atoms with Crippen LogP contribution in [-0.2, 0) is 16.1 Å². The number of fused-ring (bicyclic) bond motifs is 1. The van der Waals surface area contributed by atoms with Crippen LogP contribution in [0.25, 0.3) is 0 Å². The second-order valence-corrected chi connectivity index (χ2v) is 5.73. The molecule has 1 aliphatic rings. The quantitative estimate of drug-likeness (QED) is 0.753. The number of nitrogens with one attached hydrogen (secondary N) is 3. The predicted octanol–water partition coefficient (Wildman–Crippen LogP) is 1.26. The number of hydrogen-bond donors (Lipinski definition) is 3. The van der Waals surface area contributed by atoms with Gasteiger partial charge in [0.15, 0.2) is 0 Å². The van der Waals surface area contributed by atoms with E-state index in [1.807, 2.05) is 12.1 Å². The van der Waals surface area contributed by atoms with E-state index in [0.717, 1.165) is 5.69 Å². The van der Waals surface area contributed by atoms with E-state index in [2.05, 4.69) is 20.9 Å². The third-order valence-electron chi connectivity index (χ3n) is 3.84. The van der Waals surface area contributed by atoms with Gasteiger partial charge in [-0.2, -0.15) is 0 Å². The Kier molecular flexibility index (Phi) is 5.43. The zero-order valence-electron chi connectivity index (χ0n) is 14.1. The number of anilines is 2. The Labute approximate surface area is 150 Å². The van der Waals surface area contributed by atoms with Gasteiger partial charge in [0.2, 0.25) is 11.8 Å². The van der Waals surface area contributed by atoms with Crippen LogP contribution in [0.4, 0.5) is 16.2 Å². The van der Waals surface area contributed by atoms with E-state index in [-0.39, 0.29) is 31.3 Å². The van der Waals surface area contributed by atoms with E-state index in [1.54, 1.807) is 36.5 Å². The van der Waals surface area contributed by atoms with Crippen LogP contribution >= 0.6 is 0 Å². The van der Waals surface area contributed by atoms with Crippen molar-refractivity contribution in [2.75, 3.05) is 23.3 Å². The highest BCUT2D eigenvalue weighted by atomic mass is 16.2. The van der Waals surface area contributed by atoms with E-state index < -0.39 is 6.03 Å². The molecular weight excluding hydrogens is 334 g/mol. The van der Waals surface area contributed by atoms with Gasteiger partial charge in [0.1, 0.15) is 6.54 Å². The molecule has 0 unspecified atom stereocenters. The van der Waals surface area contributed by atoms with Crippen molar-refractivity contribution >= 4 is 29.2 Å². The molecular formula is C18H19N5O3. The van der Waals surface area contributed by atoms with Crippen LogP contribution in [0, 0.1) is 0 Å². The second kappa shape index (κ2) is 8.11. The standard InChI is InChI=1S/C18H19N5O3/c24-16(21-11-13-5-3-4-9-19-13)8-10-20-18(26)23-12-17(25)22-14-6-1-2-7-15(14)23/h1-7,9H,8,10-12H2,(H,20,26)(H,21,24)(H,22,25). The number of rotatable bonds is 5. The number of amides is 4. The van der Waals surface area contributed by atoms with E-state index in [1.165, 1.54) is 4.90 Å². The highest BCUT2D eigenvalue weighted by Gasteiger charge is 2.26. The fraction of sp³-hybridized carbons (Fsp3) is 0.222. The molecule has 0 saturated heterocycles. The zero-order chi connectivity index (χ0) is 18.4. The number of pyridine rings is 1. The molecule has 4 amide bonds. The first-order valence-corrected chi connectivity index (χ1v) is 8.24. The van der Waals surface area contributed by atoms with Crippen LogP contribution in [0.3, 0.4) is 0 Å². The summed E-state index contributed by atoms with van der Waals surface area (Å²) >= 11 is 0. The van der Waals surface area contributed by atoms with Crippen LogP contribution in [0.1, 0.15) is 12.1 Å². The molecule has 134 valence electrons. The first-order valence-electron chi connectivity index (χ1n) is 8.24. The molecule has 1 aromatic heterocycles.